The number of H-pyrrole nitrogens is 1. The molecule has 0 bridgehead atoms. The molecular formula is C17H14F4N4O2. The number of rotatable bonds is 4. The van der Waals surface area contributed by atoms with Gasteiger partial charge in [-0.2, -0.15) is 13.2 Å². The van der Waals surface area contributed by atoms with E-state index in [0.717, 1.165) is 16.6 Å². The van der Waals surface area contributed by atoms with Gasteiger partial charge in [-0.15, -0.1) is 0 Å². The number of benzene rings is 1. The predicted molar refractivity (Wildman–Crippen MR) is 87.5 cm³/mol. The van der Waals surface area contributed by atoms with Crippen LogP contribution >= 0.6 is 0 Å². The first-order valence-electron chi connectivity index (χ1n) is 7.85. The van der Waals surface area contributed by atoms with E-state index in [4.69, 9.17) is 0 Å². The van der Waals surface area contributed by atoms with Crippen LogP contribution in [-0.4, -0.2) is 20.5 Å². The normalized spacial score (nSPS) is 11.7. The van der Waals surface area contributed by atoms with Crippen LogP contribution in [0.2, 0.25) is 0 Å². The van der Waals surface area contributed by atoms with Gasteiger partial charge in [-0.05, 0) is 24.6 Å². The fraction of sp³-hybridized carbons (Fsp3) is 0.235. The van der Waals surface area contributed by atoms with Crippen molar-refractivity contribution in [1.29, 1.82) is 0 Å². The number of hydrogen-bond acceptors (Lipinski definition) is 3. The monoisotopic (exact) mass is 382 g/mol. The number of aromatic nitrogens is 3. The number of carbonyl (C=O) groups excluding carboxylic acids is 1. The minimum absolute atomic E-state index is 0.127. The van der Waals surface area contributed by atoms with Crippen molar-refractivity contribution in [3.63, 3.8) is 0 Å². The summed E-state index contributed by atoms with van der Waals surface area (Å²) in [6.45, 7) is 1.12. The molecule has 0 fully saturated rings. The van der Waals surface area contributed by atoms with Crippen molar-refractivity contribution in [1.82, 2.24) is 19.9 Å². The Morgan fingerprint density at radius 3 is 2.74 bits per heavy atom. The average molecular weight is 382 g/mol. The number of nitrogens with one attached hydrogen (secondary N) is 2. The van der Waals surface area contributed by atoms with Crippen LogP contribution in [0.15, 0.2) is 35.3 Å². The molecule has 2 heterocycles. The van der Waals surface area contributed by atoms with Crippen molar-refractivity contribution >= 4 is 11.6 Å². The van der Waals surface area contributed by atoms with Crippen LogP contribution in [0.4, 0.5) is 17.6 Å². The Morgan fingerprint density at radius 2 is 2.04 bits per heavy atom. The molecule has 27 heavy (non-hydrogen) atoms. The molecule has 1 amide bonds. The Bertz CT molecular complexity index is 1070. The van der Waals surface area contributed by atoms with E-state index in [-0.39, 0.29) is 17.5 Å². The van der Waals surface area contributed by atoms with Gasteiger partial charge in [0, 0.05) is 30.1 Å². The third-order valence-electron chi connectivity index (χ3n) is 4.04. The summed E-state index contributed by atoms with van der Waals surface area (Å²) < 4.78 is 53.2. The summed E-state index contributed by atoms with van der Waals surface area (Å²) in [5, 5.41) is 4.99. The van der Waals surface area contributed by atoms with Crippen molar-refractivity contribution in [2.24, 2.45) is 0 Å². The lowest BCUT2D eigenvalue weighted by atomic mass is 10.1. The van der Waals surface area contributed by atoms with E-state index in [2.05, 4.69) is 15.4 Å². The topological polar surface area (TPSA) is 79.3 Å². The van der Waals surface area contributed by atoms with Gasteiger partial charge in [0.1, 0.15) is 5.82 Å². The molecule has 0 radical (unpaired) electrons. The Hall–Kier alpha value is -3.17. The van der Waals surface area contributed by atoms with Crippen LogP contribution in [0.5, 0.6) is 0 Å². The molecule has 0 saturated carbocycles. The van der Waals surface area contributed by atoms with E-state index < -0.39 is 35.6 Å². The van der Waals surface area contributed by atoms with Crippen LogP contribution in [0.3, 0.4) is 0 Å². The van der Waals surface area contributed by atoms with E-state index in [0.29, 0.717) is 17.4 Å². The maximum Gasteiger partial charge on any atom is 0.416 e. The molecule has 10 heteroatoms. The minimum atomic E-state index is -4.75. The quantitative estimate of drug-likeness (QED) is 0.680. The number of halogens is 4. The predicted octanol–water partition coefficient (Wildman–Crippen LogP) is 2.35. The molecule has 0 aliphatic carbocycles. The maximum atomic E-state index is 13.1. The lowest BCUT2D eigenvalue weighted by Crippen LogP contribution is -2.30. The smallest absolute Gasteiger partial charge is 0.352 e. The van der Waals surface area contributed by atoms with Crippen molar-refractivity contribution in [3.05, 3.63) is 69.0 Å². The van der Waals surface area contributed by atoms with Gasteiger partial charge >= 0.3 is 6.18 Å². The standard InChI is InChI=1S/C17H14F4N4O2/c1-9-12(16(27)25-14(24-9)4-5-23-25)7-15(26)22-8-10-2-3-11(18)6-13(10)17(19,20)21/h2-6,23H,7-8H2,1H3,(H,22,26). The largest absolute Gasteiger partial charge is 0.416 e. The van der Waals surface area contributed by atoms with Gasteiger partial charge in [-0.1, -0.05) is 6.07 Å². The fourth-order valence-corrected chi connectivity index (χ4v) is 2.69. The molecule has 3 aromatic rings. The van der Waals surface area contributed by atoms with Gasteiger partial charge < -0.3 is 5.32 Å². The molecule has 1 aromatic carbocycles. The van der Waals surface area contributed by atoms with Gasteiger partial charge in [-0.25, -0.2) is 13.9 Å². The van der Waals surface area contributed by atoms with E-state index in [9.17, 15) is 27.2 Å². The Kier molecular flexibility index (Phi) is 4.73. The lowest BCUT2D eigenvalue weighted by molar-refractivity contribution is -0.138. The third-order valence-corrected chi connectivity index (χ3v) is 4.04. The highest BCUT2D eigenvalue weighted by atomic mass is 19.4. The first kappa shape index (κ1) is 18.6. The van der Waals surface area contributed by atoms with Crippen LogP contribution < -0.4 is 10.9 Å². The van der Waals surface area contributed by atoms with Crippen molar-refractivity contribution < 1.29 is 22.4 Å². The molecular weight excluding hydrogens is 368 g/mol. The lowest BCUT2D eigenvalue weighted by Gasteiger charge is -2.14. The number of carbonyl (C=O) groups is 1. The number of nitrogens with zero attached hydrogens (tertiary/aromatic N) is 2. The summed E-state index contributed by atoms with van der Waals surface area (Å²) in [7, 11) is 0. The molecule has 2 aromatic heterocycles. The van der Waals surface area contributed by atoms with Crippen LogP contribution in [0.25, 0.3) is 5.65 Å². The van der Waals surface area contributed by atoms with Crippen LogP contribution in [0, 0.1) is 12.7 Å². The zero-order valence-electron chi connectivity index (χ0n) is 14.0. The second kappa shape index (κ2) is 6.86. The first-order chi connectivity index (χ1) is 12.7. The number of aryl methyl sites for hydroxylation is 1. The summed E-state index contributed by atoms with van der Waals surface area (Å²) in [6.07, 6.45) is -3.58. The first-order valence-corrected chi connectivity index (χ1v) is 7.85. The summed E-state index contributed by atoms with van der Waals surface area (Å²) in [5.41, 5.74) is -1.02. The second-order valence-electron chi connectivity index (χ2n) is 5.89. The molecule has 0 saturated heterocycles. The van der Waals surface area contributed by atoms with Crippen molar-refractivity contribution in [2.75, 3.05) is 0 Å². The molecule has 0 unspecified atom stereocenters. The highest BCUT2D eigenvalue weighted by Crippen LogP contribution is 2.32. The zero-order chi connectivity index (χ0) is 19.8. The molecule has 142 valence electrons. The summed E-state index contributed by atoms with van der Waals surface area (Å²) in [6, 6.07) is 3.81. The van der Waals surface area contributed by atoms with E-state index in [1.165, 1.54) is 6.20 Å². The van der Waals surface area contributed by atoms with Gasteiger partial charge in [0.25, 0.3) is 5.56 Å². The van der Waals surface area contributed by atoms with E-state index in [1.807, 2.05) is 0 Å². The highest BCUT2D eigenvalue weighted by molar-refractivity contribution is 5.78. The van der Waals surface area contributed by atoms with Crippen LogP contribution in [0.1, 0.15) is 22.4 Å². The Labute approximate surface area is 149 Å². The Morgan fingerprint density at radius 1 is 1.30 bits per heavy atom. The molecule has 0 aliphatic rings. The van der Waals surface area contributed by atoms with Gasteiger partial charge in [0.05, 0.1) is 12.0 Å². The van der Waals surface area contributed by atoms with Crippen molar-refractivity contribution in [2.45, 2.75) is 26.1 Å². The summed E-state index contributed by atoms with van der Waals surface area (Å²) >= 11 is 0. The number of hydrogen-bond donors (Lipinski definition) is 2. The summed E-state index contributed by atoms with van der Waals surface area (Å²) in [5.74, 6) is -1.67. The Balaban J connectivity index is 1.78. The van der Waals surface area contributed by atoms with Gasteiger partial charge in [0.15, 0.2) is 5.65 Å². The minimum Gasteiger partial charge on any atom is -0.352 e. The number of aromatic amines is 1. The molecule has 0 aliphatic heterocycles. The molecule has 6 nitrogen and oxygen atoms in total. The van der Waals surface area contributed by atoms with Gasteiger partial charge in [-0.3, -0.25) is 14.7 Å². The second-order valence-corrected chi connectivity index (χ2v) is 5.89. The third kappa shape index (κ3) is 3.83. The highest BCUT2D eigenvalue weighted by Gasteiger charge is 2.33. The van der Waals surface area contributed by atoms with Crippen molar-refractivity contribution in [3.8, 4) is 0 Å². The number of fused-ring (bicyclic) bond motifs is 1. The molecule has 2 N–H and O–H groups in total. The van der Waals surface area contributed by atoms with Gasteiger partial charge in [0.2, 0.25) is 5.91 Å². The van der Waals surface area contributed by atoms with Crippen LogP contribution in [-0.2, 0) is 23.9 Å². The zero-order valence-corrected chi connectivity index (χ0v) is 14.0. The number of alkyl halides is 3. The van der Waals surface area contributed by atoms with E-state index >= 15 is 0 Å². The fourth-order valence-electron chi connectivity index (χ4n) is 2.69. The average Bonchev–Trinajstić information content (AvgIpc) is 3.05. The summed E-state index contributed by atoms with van der Waals surface area (Å²) in [4.78, 5) is 28.7. The molecule has 3 rings (SSSR count). The number of amides is 1. The molecule has 0 atom stereocenters. The maximum absolute atomic E-state index is 13.1. The molecule has 0 spiro atoms. The SMILES string of the molecule is Cc1nc2cc[nH]n2c(=O)c1CC(=O)NCc1ccc(F)cc1C(F)(F)F. The van der Waals surface area contributed by atoms with E-state index in [1.54, 1.807) is 13.0 Å².